The molecule has 0 saturated carbocycles. The maximum absolute atomic E-state index is 13.2. The third-order valence-electron chi connectivity index (χ3n) is 5.34. The van der Waals surface area contributed by atoms with Crippen LogP contribution in [0.25, 0.3) is 10.9 Å². The van der Waals surface area contributed by atoms with Crippen molar-refractivity contribution in [3.05, 3.63) is 64.2 Å². The van der Waals surface area contributed by atoms with Crippen LogP contribution in [0.4, 0.5) is 0 Å². The van der Waals surface area contributed by atoms with Crippen molar-refractivity contribution in [2.75, 3.05) is 7.11 Å². The number of ether oxygens (including phenoxy) is 1. The highest BCUT2D eigenvalue weighted by Gasteiger charge is 2.29. The van der Waals surface area contributed by atoms with Gasteiger partial charge in [-0.1, -0.05) is 49.2 Å². The minimum Gasteiger partial charge on any atom is -0.496 e. The second kappa shape index (κ2) is 12.0. The summed E-state index contributed by atoms with van der Waals surface area (Å²) in [5, 5.41) is 4.30. The van der Waals surface area contributed by atoms with Crippen LogP contribution in [0.15, 0.2) is 47.4 Å². The fourth-order valence-electron chi connectivity index (χ4n) is 3.62. The third-order valence-corrected chi connectivity index (χ3v) is 5.72. The number of alkyl halides is 2. The summed E-state index contributed by atoms with van der Waals surface area (Å²) in [5.41, 5.74) is 3.16. The number of rotatable bonds is 9. The first-order valence-electron chi connectivity index (χ1n) is 11.1. The highest BCUT2D eigenvalue weighted by atomic mass is 35.5. The quantitative estimate of drug-likeness (QED) is 0.246. The van der Waals surface area contributed by atoms with Crippen molar-refractivity contribution < 1.29 is 19.1 Å². The molecule has 192 valence electrons. The van der Waals surface area contributed by atoms with Crippen LogP contribution in [0, 0.1) is 5.92 Å². The molecule has 4 N–H and O–H groups in total. The Morgan fingerprint density at radius 2 is 1.89 bits per heavy atom. The van der Waals surface area contributed by atoms with Crippen molar-refractivity contribution in [1.82, 2.24) is 25.7 Å². The number of carbonyl (C=O) groups is 3. The molecule has 0 unspecified atom stereocenters. The van der Waals surface area contributed by atoms with E-state index >= 15 is 0 Å². The Hall–Kier alpha value is -3.50. The molecule has 36 heavy (non-hydrogen) atoms. The third kappa shape index (κ3) is 6.58. The number of nitrogens with one attached hydrogen (secondary N) is 4. The van der Waals surface area contributed by atoms with E-state index in [0.29, 0.717) is 11.3 Å². The van der Waals surface area contributed by atoms with Gasteiger partial charge < -0.3 is 20.0 Å². The molecule has 3 aromatic rings. The largest absolute Gasteiger partial charge is 0.496 e. The normalized spacial score (nSPS) is 12.0. The topological polar surface area (TPSA) is 136 Å². The number of halogens is 2. The highest BCUT2D eigenvalue weighted by Crippen LogP contribution is 2.26. The Labute approximate surface area is 217 Å². The number of hydrazine groups is 1. The van der Waals surface area contributed by atoms with Gasteiger partial charge in [0.1, 0.15) is 17.5 Å². The van der Waals surface area contributed by atoms with E-state index in [1.807, 2.05) is 13.8 Å². The number of nitrogens with zero attached hydrogens (tertiary/aromatic N) is 1. The summed E-state index contributed by atoms with van der Waals surface area (Å²) < 4.78 is 5.34. The van der Waals surface area contributed by atoms with Gasteiger partial charge in [0.2, 0.25) is 0 Å². The second-order valence-corrected chi connectivity index (χ2v) is 9.58. The molecule has 3 rings (SSSR count). The van der Waals surface area contributed by atoms with E-state index in [0.717, 1.165) is 10.4 Å². The van der Waals surface area contributed by atoms with E-state index in [1.165, 1.54) is 19.4 Å². The molecule has 0 aliphatic rings. The molecule has 0 aliphatic carbocycles. The summed E-state index contributed by atoms with van der Waals surface area (Å²) in [7, 11) is 1.53. The zero-order chi connectivity index (χ0) is 26.4. The van der Waals surface area contributed by atoms with E-state index in [1.54, 1.807) is 30.3 Å². The first-order valence-corrected chi connectivity index (χ1v) is 12.0. The molecule has 3 amide bonds. The lowest BCUT2D eigenvalue weighted by atomic mass is 10.0. The van der Waals surface area contributed by atoms with Crippen molar-refractivity contribution in [3.8, 4) is 5.75 Å². The molecular formula is C24H27Cl2N5O5. The summed E-state index contributed by atoms with van der Waals surface area (Å²) in [6.07, 6.45) is 1.72. The van der Waals surface area contributed by atoms with Crippen LogP contribution in [0.2, 0.25) is 0 Å². The number of hydrogen-bond donors (Lipinski definition) is 4. The maximum atomic E-state index is 13.2. The lowest BCUT2D eigenvalue weighted by Gasteiger charge is -2.27. The minimum absolute atomic E-state index is 0.0266. The van der Waals surface area contributed by atoms with E-state index in [4.69, 9.17) is 27.9 Å². The van der Waals surface area contributed by atoms with Crippen molar-refractivity contribution in [2.45, 2.75) is 37.7 Å². The molecule has 1 atom stereocenters. The zero-order valence-corrected chi connectivity index (χ0v) is 21.4. The number of benzene rings is 1. The molecule has 0 fully saturated rings. The van der Waals surface area contributed by atoms with Gasteiger partial charge in [-0.25, -0.2) is 5.01 Å². The van der Waals surface area contributed by atoms with Crippen LogP contribution in [0.5, 0.6) is 5.75 Å². The number of aromatic amines is 2. The molecule has 0 radical (unpaired) electrons. The predicted octanol–water partition coefficient (Wildman–Crippen LogP) is 2.87. The minimum atomic E-state index is -1.48. The number of hydrogen-bond acceptors (Lipinski definition) is 5. The average Bonchev–Trinajstić information content (AvgIpc) is 3.28. The van der Waals surface area contributed by atoms with E-state index in [-0.39, 0.29) is 30.1 Å². The Kier molecular flexibility index (Phi) is 9.00. The van der Waals surface area contributed by atoms with E-state index < -0.39 is 34.2 Å². The van der Waals surface area contributed by atoms with Gasteiger partial charge in [0.25, 0.3) is 23.3 Å². The molecule has 0 saturated heterocycles. The van der Waals surface area contributed by atoms with Crippen molar-refractivity contribution in [2.24, 2.45) is 5.92 Å². The van der Waals surface area contributed by atoms with Crippen molar-refractivity contribution in [3.63, 3.8) is 0 Å². The average molecular weight is 536 g/mol. The van der Waals surface area contributed by atoms with Crippen LogP contribution in [-0.4, -0.2) is 50.7 Å². The first kappa shape index (κ1) is 27.1. The molecular weight excluding hydrogens is 509 g/mol. The molecule has 0 spiro atoms. The summed E-state index contributed by atoms with van der Waals surface area (Å²) in [5.74, 6) is -1.38. The fourth-order valence-corrected chi connectivity index (χ4v) is 3.85. The highest BCUT2D eigenvalue weighted by molar-refractivity contribution is 6.53. The standard InChI is InChI=1S/C24H27Cl2N5O5/c1-13(2)10-17(29-22(33)18-11-15-16(28-18)7-4-8-19(15)36-3)23(34)30-31(24(35)20(25)26)12-14-6-5-9-27-21(14)32/h4-9,11,13,17,20,28H,10,12H2,1-3H3,(H,27,32)(H,29,33)(H,30,34)/t17-/m0/s1. The van der Waals surface area contributed by atoms with Crippen LogP contribution < -0.4 is 21.0 Å². The summed E-state index contributed by atoms with van der Waals surface area (Å²) in [6, 6.07) is 9.08. The van der Waals surface area contributed by atoms with Crippen molar-refractivity contribution >= 4 is 51.8 Å². The SMILES string of the molecule is COc1cccc2[nH]c(C(=O)N[C@@H](CC(C)C)C(=O)NN(Cc3ccc[nH]c3=O)C(=O)C(Cl)Cl)cc12. The van der Waals surface area contributed by atoms with Crippen LogP contribution in [0.1, 0.15) is 36.3 Å². The molecule has 2 heterocycles. The van der Waals surface area contributed by atoms with Crippen LogP contribution in [-0.2, 0) is 16.1 Å². The van der Waals surface area contributed by atoms with Gasteiger partial charge in [-0.15, -0.1) is 0 Å². The smallest absolute Gasteiger partial charge is 0.274 e. The van der Waals surface area contributed by atoms with Gasteiger partial charge in [-0.2, -0.15) is 0 Å². The van der Waals surface area contributed by atoms with Gasteiger partial charge in [0.05, 0.1) is 13.7 Å². The summed E-state index contributed by atoms with van der Waals surface area (Å²) in [4.78, 5) is 55.0. The molecule has 10 nitrogen and oxygen atoms in total. The second-order valence-electron chi connectivity index (χ2n) is 8.49. The Morgan fingerprint density at radius 1 is 1.14 bits per heavy atom. The number of aromatic nitrogens is 2. The van der Waals surface area contributed by atoms with Gasteiger partial charge >= 0.3 is 0 Å². The molecule has 1 aromatic carbocycles. The van der Waals surface area contributed by atoms with Gasteiger partial charge in [-0.05, 0) is 36.6 Å². The number of amides is 3. The molecule has 2 aromatic heterocycles. The lowest BCUT2D eigenvalue weighted by Crippen LogP contribution is -2.55. The molecule has 0 bridgehead atoms. The summed E-state index contributed by atoms with van der Waals surface area (Å²) in [6.45, 7) is 3.50. The Morgan fingerprint density at radius 3 is 2.53 bits per heavy atom. The van der Waals surface area contributed by atoms with Crippen LogP contribution in [0.3, 0.4) is 0 Å². The number of fused-ring (bicyclic) bond motifs is 1. The number of carbonyl (C=O) groups excluding carboxylic acids is 3. The molecule has 0 aliphatic heterocycles. The Bertz CT molecular complexity index is 1300. The number of H-pyrrole nitrogens is 2. The van der Waals surface area contributed by atoms with Gasteiger partial charge in [-0.3, -0.25) is 24.6 Å². The first-order chi connectivity index (χ1) is 17.1. The van der Waals surface area contributed by atoms with Crippen LogP contribution >= 0.6 is 23.2 Å². The van der Waals surface area contributed by atoms with E-state index in [2.05, 4.69) is 20.7 Å². The van der Waals surface area contributed by atoms with E-state index in [9.17, 15) is 19.2 Å². The number of methoxy groups -OCH3 is 1. The molecule has 12 heteroatoms. The number of pyridine rings is 1. The predicted molar refractivity (Wildman–Crippen MR) is 137 cm³/mol. The summed E-state index contributed by atoms with van der Waals surface area (Å²) >= 11 is 11.5. The van der Waals surface area contributed by atoms with Gasteiger partial charge in [0, 0.05) is 22.7 Å². The zero-order valence-electron chi connectivity index (χ0n) is 19.9. The maximum Gasteiger partial charge on any atom is 0.274 e. The Balaban J connectivity index is 1.82. The van der Waals surface area contributed by atoms with Crippen molar-refractivity contribution in [1.29, 1.82) is 0 Å². The lowest BCUT2D eigenvalue weighted by molar-refractivity contribution is -0.141. The van der Waals surface area contributed by atoms with Gasteiger partial charge in [0.15, 0.2) is 4.84 Å². The fraction of sp³-hybridized carbons (Fsp3) is 0.333. The monoisotopic (exact) mass is 535 g/mol.